The topological polar surface area (TPSA) is 101 Å². The second kappa shape index (κ2) is 6.72. The van der Waals surface area contributed by atoms with Crippen LogP contribution in [0, 0.1) is 5.82 Å². The van der Waals surface area contributed by atoms with Crippen LogP contribution < -0.4 is 16.6 Å². The van der Waals surface area contributed by atoms with Crippen molar-refractivity contribution in [3.63, 3.8) is 0 Å². The standard InChI is InChI=1S/C12H10BrFN4O2S/c13-6-1-2-8(7(14)3-6)16-11(20)5-21-12-17-9(15)4-10(19)18-12/h1-4H,5H2,(H,16,20)(H3,15,17,18,19). The van der Waals surface area contributed by atoms with E-state index in [1.165, 1.54) is 12.1 Å². The van der Waals surface area contributed by atoms with E-state index in [-0.39, 0.29) is 22.4 Å². The Hall–Kier alpha value is -1.87. The maximum absolute atomic E-state index is 13.6. The number of thioether (sulfide) groups is 1. The maximum atomic E-state index is 13.6. The molecular weight excluding hydrogens is 363 g/mol. The molecule has 1 aromatic carbocycles. The molecule has 21 heavy (non-hydrogen) atoms. The van der Waals surface area contributed by atoms with Crippen LogP contribution in [0.1, 0.15) is 0 Å². The van der Waals surface area contributed by atoms with E-state index in [1.54, 1.807) is 6.07 Å². The number of amides is 1. The zero-order chi connectivity index (χ0) is 15.4. The summed E-state index contributed by atoms with van der Waals surface area (Å²) in [6.45, 7) is 0. The Kier molecular flexibility index (Phi) is 4.97. The second-order valence-electron chi connectivity index (χ2n) is 3.94. The highest BCUT2D eigenvalue weighted by atomic mass is 79.9. The molecule has 0 saturated carbocycles. The number of hydrogen-bond acceptors (Lipinski definition) is 5. The molecular formula is C12H10BrFN4O2S. The number of aromatic amines is 1. The molecule has 0 aliphatic rings. The molecule has 1 heterocycles. The molecule has 2 aromatic rings. The fourth-order valence-electron chi connectivity index (χ4n) is 1.43. The molecule has 4 N–H and O–H groups in total. The van der Waals surface area contributed by atoms with Crippen molar-refractivity contribution in [3.8, 4) is 0 Å². The molecule has 0 fully saturated rings. The summed E-state index contributed by atoms with van der Waals surface area (Å²) in [4.78, 5) is 29.2. The van der Waals surface area contributed by atoms with Crippen LogP contribution >= 0.6 is 27.7 Å². The number of rotatable bonds is 4. The highest BCUT2D eigenvalue weighted by molar-refractivity contribution is 9.10. The zero-order valence-corrected chi connectivity index (χ0v) is 12.9. The summed E-state index contributed by atoms with van der Waals surface area (Å²) in [6.07, 6.45) is 0. The molecule has 0 radical (unpaired) electrons. The van der Waals surface area contributed by atoms with Gasteiger partial charge in [-0.3, -0.25) is 9.59 Å². The van der Waals surface area contributed by atoms with Crippen LogP contribution in [0.3, 0.4) is 0 Å². The number of nitrogens with one attached hydrogen (secondary N) is 2. The smallest absolute Gasteiger partial charge is 0.253 e. The average Bonchev–Trinajstić information content (AvgIpc) is 2.39. The second-order valence-corrected chi connectivity index (χ2v) is 5.82. The molecule has 1 aromatic heterocycles. The third kappa shape index (κ3) is 4.57. The number of aromatic nitrogens is 2. The zero-order valence-electron chi connectivity index (χ0n) is 10.5. The predicted molar refractivity (Wildman–Crippen MR) is 82.7 cm³/mol. The van der Waals surface area contributed by atoms with Gasteiger partial charge in [-0.25, -0.2) is 9.37 Å². The third-order valence-electron chi connectivity index (χ3n) is 2.28. The number of halogens is 2. The van der Waals surface area contributed by atoms with Crippen LogP contribution in [0.5, 0.6) is 0 Å². The third-order valence-corrected chi connectivity index (χ3v) is 3.65. The van der Waals surface area contributed by atoms with E-state index in [1.807, 2.05) is 0 Å². The number of nitrogens with zero attached hydrogens (tertiary/aromatic N) is 1. The molecule has 9 heteroatoms. The summed E-state index contributed by atoms with van der Waals surface area (Å²) in [7, 11) is 0. The lowest BCUT2D eigenvalue weighted by Crippen LogP contribution is -2.16. The van der Waals surface area contributed by atoms with E-state index in [9.17, 15) is 14.0 Å². The van der Waals surface area contributed by atoms with Crippen molar-refractivity contribution in [2.45, 2.75) is 5.16 Å². The van der Waals surface area contributed by atoms with E-state index in [0.29, 0.717) is 4.47 Å². The number of benzene rings is 1. The Bertz CT molecular complexity index is 737. The molecule has 110 valence electrons. The Morgan fingerprint density at radius 1 is 1.48 bits per heavy atom. The first-order valence-corrected chi connectivity index (χ1v) is 7.46. The molecule has 1 amide bonds. The first-order chi connectivity index (χ1) is 9.94. The van der Waals surface area contributed by atoms with E-state index in [0.717, 1.165) is 17.8 Å². The van der Waals surface area contributed by atoms with Crippen LogP contribution in [0.4, 0.5) is 15.9 Å². The lowest BCUT2D eigenvalue weighted by molar-refractivity contribution is -0.113. The van der Waals surface area contributed by atoms with Crippen LogP contribution in [-0.4, -0.2) is 21.6 Å². The molecule has 0 atom stereocenters. The van der Waals surface area contributed by atoms with Crippen LogP contribution in [0.2, 0.25) is 0 Å². The molecule has 0 aliphatic heterocycles. The summed E-state index contributed by atoms with van der Waals surface area (Å²) in [5.41, 5.74) is 5.11. The first kappa shape index (κ1) is 15.5. The minimum Gasteiger partial charge on any atom is -0.383 e. The summed E-state index contributed by atoms with van der Waals surface area (Å²) in [5.74, 6) is -0.938. The van der Waals surface area contributed by atoms with Crippen LogP contribution in [-0.2, 0) is 4.79 Å². The first-order valence-electron chi connectivity index (χ1n) is 5.68. The van der Waals surface area contributed by atoms with E-state index in [4.69, 9.17) is 5.73 Å². The Morgan fingerprint density at radius 2 is 2.24 bits per heavy atom. The van der Waals surface area contributed by atoms with Crippen molar-refractivity contribution in [3.05, 3.63) is 44.9 Å². The summed E-state index contributed by atoms with van der Waals surface area (Å²) >= 11 is 4.12. The summed E-state index contributed by atoms with van der Waals surface area (Å²) in [5, 5.41) is 2.66. The molecule has 0 aliphatic carbocycles. The van der Waals surface area contributed by atoms with Gasteiger partial charge in [0.1, 0.15) is 11.6 Å². The van der Waals surface area contributed by atoms with Gasteiger partial charge in [-0.2, -0.15) is 0 Å². The van der Waals surface area contributed by atoms with Gasteiger partial charge in [0.2, 0.25) is 5.91 Å². The summed E-state index contributed by atoms with van der Waals surface area (Å²) in [6, 6.07) is 5.45. The normalized spacial score (nSPS) is 10.4. The minimum atomic E-state index is -0.543. The average molecular weight is 373 g/mol. The number of carbonyl (C=O) groups is 1. The monoisotopic (exact) mass is 372 g/mol. The van der Waals surface area contributed by atoms with Gasteiger partial charge >= 0.3 is 0 Å². The van der Waals surface area contributed by atoms with E-state index < -0.39 is 17.3 Å². The molecule has 0 saturated heterocycles. The van der Waals surface area contributed by atoms with Gasteiger partial charge in [-0.1, -0.05) is 27.7 Å². The minimum absolute atomic E-state index is 0.0398. The number of H-pyrrole nitrogens is 1. The Morgan fingerprint density at radius 3 is 2.90 bits per heavy atom. The largest absolute Gasteiger partial charge is 0.383 e. The lowest BCUT2D eigenvalue weighted by atomic mass is 10.3. The van der Waals surface area contributed by atoms with E-state index in [2.05, 4.69) is 31.2 Å². The molecule has 0 bridgehead atoms. The van der Waals surface area contributed by atoms with Gasteiger partial charge in [0, 0.05) is 10.5 Å². The predicted octanol–water partition coefficient (Wildman–Crippen LogP) is 1.98. The number of carbonyl (C=O) groups excluding carboxylic acids is 1. The van der Waals surface area contributed by atoms with Gasteiger partial charge < -0.3 is 16.0 Å². The van der Waals surface area contributed by atoms with Crippen molar-refractivity contribution in [1.29, 1.82) is 0 Å². The van der Waals surface area contributed by atoms with Crippen molar-refractivity contribution < 1.29 is 9.18 Å². The molecule has 0 unspecified atom stereocenters. The van der Waals surface area contributed by atoms with Gasteiger partial charge in [0.15, 0.2) is 5.16 Å². The number of nitrogens with two attached hydrogens (primary N) is 1. The SMILES string of the molecule is Nc1cc(=O)[nH]c(SCC(=O)Nc2ccc(Br)cc2F)n1. The van der Waals surface area contributed by atoms with Gasteiger partial charge in [0.05, 0.1) is 11.4 Å². The lowest BCUT2D eigenvalue weighted by Gasteiger charge is -2.06. The Balaban J connectivity index is 1.97. The Labute approximate surface area is 131 Å². The van der Waals surface area contributed by atoms with Gasteiger partial charge in [-0.05, 0) is 18.2 Å². The van der Waals surface area contributed by atoms with Crippen LogP contribution in [0.25, 0.3) is 0 Å². The highest BCUT2D eigenvalue weighted by Gasteiger charge is 2.09. The van der Waals surface area contributed by atoms with Gasteiger partial charge in [-0.15, -0.1) is 0 Å². The molecule has 6 nitrogen and oxygen atoms in total. The van der Waals surface area contributed by atoms with Crippen molar-refractivity contribution in [2.24, 2.45) is 0 Å². The fraction of sp³-hybridized carbons (Fsp3) is 0.0833. The number of hydrogen-bond donors (Lipinski definition) is 3. The number of nitrogen functional groups attached to an aromatic ring is 1. The van der Waals surface area contributed by atoms with E-state index >= 15 is 0 Å². The summed E-state index contributed by atoms with van der Waals surface area (Å²) < 4.78 is 14.1. The highest BCUT2D eigenvalue weighted by Crippen LogP contribution is 2.20. The van der Waals surface area contributed by atoms with Crippen molar-refractivity contribution in [1.82, 2.24) is 9.97 Å². The van der Waals surface area contributed by atoms with Crippen molar-refractivity contribution >= 4 is 45.1 Å². The molecule has 2 rings (SSSR count). The fourth-order valence-corrected chi connectivity index (χ4v) is 2.45. The van der Waals surface area contributed by atoms with Gasteiger partial charge in [0.25, 0.3) is 5.56 Å². The number of anilines is 2. The molecule has 0 spiro atoms. The quantitative estimate of drug-likeness (QED) is 0.562. The van der Waals surface area contributed by atoms with Crippen molar-refractivity contribution in [2.75, 3.05) is 16.8 Å². The maximum Gasteiger partial charge on any atom is 0.253 e. The van der Waals surface area contributed by atoms with Crippen LogP contribution in [0.15, 0.2) is 38.7 Å².